The Morgan fingerprint density at radius 2 is 2.03 bits per heavy atom. The van der Waals surface area contributed by atoms with E-state index in [-0.39, 0.29) is 42.6 Å². The number of aromatic nitrogens is 1. The van der Waals surface area contributed by atoms with Gasteiger partial charge in [-0.2, -0.15) is 5.26 Å². The molecule has 0 bridgehead atoms. The number of aliphatic hydroxyl groups is 1. The summed E-state index contributed by atoms with van der Waals surface area (Å²) in [6, 6.07) is 10.6. The number of amides is 2. The number of likely N-dealkylation sites (tertiary alicyclic amines) is 1. The van der Waals surface area contributed by atoms with Gasteiger partial charge < -0.3 is 20.1 Å². The Kier molecular flexibility index (Phi) is 6.56. The lowest BCUT2D eigenvalue weighted by atomic mass is 10.0. The van der Waals surface area contributed by atoms with Crippen molar-refractivity contribution >= 4 is 17.6 Å². The number of aliphatic hydroxyl groups excluding tert-OH is 1. The van der Waals surface area contributed by atoms with E-state index < -0.39 is 24.3 Å². The zero-order valence-corrected chi connectivity index (χ0v) is 18.2. The lowest BCUT2D eigenvalue weighted by Gasteiger charge is -2.35. The van der Waals surface area contributed by atoms with E-state index >= 15 is 0 Å². The van der Waals surface area contributed by atoms with Crippen molar-refractivity contribution in [2.45, 2.75) is 44.6 Å². The molecule has 4 rings (SSSR count). The van der Waals surface area contributed by atoms with Gasteiger partial charge in [-0.1, -0.05) is 6.07 Å². The number of hydrogen-bond acceptors (Lipinski definition) is 6. The van der Waals surface area contributed by atoms with Gasteiger partial charge >= 0.3 is 0 Å². The lowest BCUT2D eigenvalue weighted by Crippen LogP contribution is -2.51. The summed E-state index contributed by atoms with van der Waals surface area (Å²) in [6.45, 7) is 1.45. The van der Waals surface area contributed by atoms with Crippen LogP contribution in [0.3, 0.4) is 0 Å². The first-order chi connectivity index (χ1) is 15.9. The summed E-state index contributed by atoms with van der Waals surface area (Å²) in [5.74, 6) is 0.224. The van der Waals surface area contributed by atoms with Gasteiger partial charge in [-0.05, 0) is 55.2 Å². The fraction of sp³-hybridized carbons (Fsp3) is 0.417. The molecule has 0 radical (unpaired) electrons. The molecular formula is C24H25FN4O4. The Morgan fingerprint density at radius 3 is 2.70 bits per heavy atom. The van der Waals surface area contributed by atoms with Gasteiger partial charge in [-0.25, -0.2) is 9.37 Å². The Labute approximate surface area is 191 Å². The van der Waals surface area contributed by atoms with Crippen LogP contribution in [-0.4, -0.2) is 58.3 Å². The van der Waals surface area contributed by atoms with Gasteiger partial charge in [0, 0.05) is 25.1 Å². The largest absolute Gasteiger partial charge is 0.486 e. The summed E-state index contributed by atoms with van der Waals surface area (Å²) in [4.78, 5) is 29.4. The highest BCUT2D eigenvalue weighted by molar-refractivity contribution is 5.93. The Hall–Kier alpha value is -3.51. The number of pyridine rings is 1. The van der Waals surface area contributed by atoms with Crippen molar-refractivity contribution in [1.29, 1.82) is 5.26 Å². The number of ether oxygens (including phenoxy) is 1. The number of halogens is 1. The third-order valence-corrected chi connectivity index (χ3v) is 5.82. The summed E-state index contributed by atoms with van der Waals surface area (Å²) in [6.07, 6.45) is 0.215. The first kappa shape index (κ1) is 22.7. The maximum absolute atomic E-state index is 14.7. The second-order valence-corrected chi connectivity index (χ2v) is 8.44. The first-order valence-corrected chi connectivity index (χ1v) is 10.9. The van der Waals surface area contributed by atoms with Gasteiger partial charge in [-0.3, -0.25) is 9.59 Å². The minimum atomic E-state index is -1.44. The van der Waals surface area contributed by atoms with E-state index in [9.17, 15) is 24.3 Å². The topological polar surface area (TPSA) is 116 Å². The molecule has 1 saturated carbocycles. The summed E-state index contributed by atoms with van der Waals surface area (Å²) in [5, 5.41) is 21.9. The van der Waals surface area contributed by atoms with Crippen LogP contribution in [-0.2, 0) is 9.59 Å². The quantitative estimate of drug-likeness (QED) is 0.696. The minimum Gasteiger partial charge on any atom is -0.486 e. The molecule has 2 aliphatic rings. The van der Waals surface area contributed by atoms with Crippen LogP contribution in [0.5, 0.6) is 5.75 Å². The predicted octanol–water partition coefficient (Wildman–Crippen LogP) is 2.67. The first-order valence-electron chi connectivity index (χ1n) is 10.9. The average Bonchev–Trinajstić information content (AvgIpc) is 3.66. The molecule has 8 nitrogen and oxygen atoms in total. The Bertz CT molecular complexity index is 1100. The highest BCUT2D eigenvalue weighted by Gasteiger charge is 2.34. The standard InChI is InChI=1S/C24H25FN4O4/c1-14(30)24(32)29-9-7-21(19(25)13-29)33-20-5-4-16(10-18(20)12-26)17-6-8-27-22(11-17)28-23(31)15-2-3-15/h4-6,8,10-11,14-15,19,21,30H,2-3,7,9,13H2,1H3,(H,27,28,31). The third-order valence-electron chi connectivity index (χ3n) is 5.82. The molecular weight excluding hydrogens is 427 g/mol. The maximum atomic E-state index is 14.7. The van der Waals surface area contributed by atoms with E-state index in [0.29, 0.717) is 5.82 Å². The summed E-state index contributed by atoms with van der Waals surface area (Å²) in [7, 11) is 0. The number of benzene rings is 1. The third kappa shape index (κ3) is 5.29. The molecule has 2 N–H and O–H groups in total. The highest BCUT2D eigenvalue weighted by Crippen LogP contribution is 2.32. The van der Waals surface area contributed by atoms with Gasteiger partial charge in [0.25, 0.3) is 5.91 Å². The van der Waals surface area contributed by atoms with Crippen LogP contribution < -0.4 is 10.1 Å². The zero-order chi connectivity index (χ0) is 23.5. The molecule has 1 aromatic heterocycles. The fourth-order valence-corrected chi connectivity index (χ4v) is 3.80. The number of rotatable bonds is 6. The molecule has 172 valence electrons. The number of carbonyl (C=O) groups excluding carboxylic acids is 2. The molecule has 3 atom stereocenters. The van der Waals surface area contributed by atoms with Gasteiger partial charge in [0.2, 0.25) is 5.91 Å². The number of anilines is 1. The van der Waals surface area contributed by atoms with Crippen LogP contribution >= 0.6 is 0 Å². The van der Waals surface area contributed by atoms with Crippen LogP contribution in [0.25, 0.3) is 11.1 Å². The molecule has 1 saturated heterocycles. The number of alkyl halides is 1. The Balaban J connectivity index is 1.46. The van der Waals surface area contributed by atoms with E-state index in [1.807, 2.05) is 0 Å². The molecule has 2 amide bonds. The van der Waals surface area contributed by atoms with Crippen molar-refractivity contribution in [2.24, 2.45) is 5.92 Å². The average molecular weight is 452 g/mol. The van der Waals surface area contributed by atoms with Crippen molar-refractivity contribution < 1.29 is 23.8 Å². The van der Waals surface area contributed by atoms with Crippen molar-refractivity contribution in [3.05, 3.63) is 42.1 Å². The number of piperidine rings is 1. The second kappa shape index (κ2) is 9.55. The summed E-state index contributed by atoms with van der Waals surface area (Å²) in [5.41, 5.74) is 1.76. The highest BCUT2D eigenvalue weighted by atomic mass is 19.1. The normalized spacial score (nSPS) is 21.1. The van der Waals surface area contributed by atoms with E-state index in [1.165, 1.54) is 11.8 Å². The van der Waals surface area contributed by atoms with Crippen molar-refractivity contribution in [1.82, 2.24) is 9.88 Å². The number of nitriles is 1. The van der Waals surface area contributed by atoms with E-state index in [4.69, 9.17) is 4.74 Å². The van der Waals surface area contributed by atoms with Crippen molar-refractivity contribution in [3.63, 3.8) is 0 Å². The van der Waals surface area contributed by atoms with E-state index in [1.54, 1.807) is 36.5 Å². The lowest BCUT2D eigenvalue weighted by molar-refractivity contribution is -0.143. The monoisotopic (exact) mass is 452 g/mol. The van der Waals surface area contributed by atoms with Gasteiger partial charge in [0.15, 0.2) is 6.17 Å². The van der Waals surface area contributed by atoms with Crippen molar-refractivity contribution in [3.8, 4) is 22.9 Å². The van der Waals surface area contributed by atoms with Crippen LogP contribution in [0.15, 0.2) is 36.5 Å². The predicted molar refractivity (Wildman–Crippen MR) is 118 cm³/mol. The molecule has 1 aliphatic carbocycles. The number of nitrogens with one attached hydrogen (secondary N) is 1. The van der Waals surface area contributed by atoms with Gasteiger partial charge in [-0.15, -0.1) is 0 Å². The molecule has 33 heavy (non-hydrogen) atoms. The van der Waals surface area contributed by atoms with E-state index in [0.717, 1.165) is 24.0 Å². The van der Waals surface area contributed by atoms with Crippen LogP contribution in [0.1, 0.15) is 31.7 Å². The molecule has 0 spiro atoms. The van der Waals surface area contributed by atoms with Crippen LogP contribution in [0.2, 0.25) is 0 Å². The summed E-state index contributed by atoms with van der Waals surface area (Å²) >= 11 is 0. The number of hydrogen-bond donors (Lipinski definition) is 2. The molecule has 1 aliphatic heterocycles. The van der Waals surface area contributed by atoms with Crippen LogP contribution in [0, 0.1) is 17.2 Å². The number of carbonyl (C=O) groups is 2. The van der Waals surface area contributed by atoms with Crippen LogP contribution in [0.4, 0.5) is 10.2 Å². The van der Waals surface area contributed by atoms with Crippen molar-refractivity contribution in [2.75, 3.05) is 18.4 Å². The van der Waals surface area contributed by atoms with E-state index in [2.05, 4.69) is 16.4 Å². The Morgan fingerprint density at radius 1 is 1.27 bits per heavy atom. The second-order valence-electron chi connectivity index (χ2n) is 8.44. The number of nitrogens with zero attached hydrogens (tertiary/aromatic N) is 3. The smallest absolute Gasteiger partial charge is 0.251 e. The van der Waals surface area contributed by atoms with Gasteiger partial charge in [0.1, 0.15) is 29.8 Å². The molecule has 3 unspecified atom stereocenters. The molecule has 2 aromatic rings. The minimum absolute atomic E-state index is 0.0388. The molecule has 1 aromatic carbocycles. The molecule has 2 heterocycles. The maximum Gasteiger partial charge on any atom is 0.251 e. The molecule has 9 heteroatoms. The summed E-state index contributed by atoms with van der Waals surface area (Å²) < 4.78 is 20.5. The zero-order valence-electron chi connectivity index (χ0n) is 18.2. The SMILES string of the molecule is CC(O)C(=O)N1CCC(Oc2ccc(-c3ccnc(NC(=O)C4CC4)c3)cc2C#N)C(F)C1. The molecule has 2 fully saturated rings. The fourth-order valence-electron chi connectivity index (χ4n) is 3.80. The van der Waals surface area contributed by atoms with Gasteiger partial charge in [0.05, 0.1) is 12.1 Å².